The van der Waals surface area contributed by atoms with E-state index >= 15 is 0 Å². The maximum absolute atomic E-state index is 13.0. The van der Waals surface area contributed by atoms with Crippen LogP contribution in [-0.4, -0.2) is 22.3 Å². The Hall–Kier alpha value is -2.80. The summed E-state index contributed by atoms with van der Waals surface area (Å²) in [5.41, 5.74) is 5.27. The molecule has 0 fully saturated rings. The lowest BCUT2D eigenvalue weighted by molar-refractivity contribution is -0.118. The Kier molecular flexibility index (Phi) is 5.09. The van der Waals surface area contributed by atoms with Gasteiger partial charge in [0.15, 0.2) is 6.61 Å². The quantitative estimate of drug-likeness (QED) is 0.694. The number of aryl methyl sites for hydroxylation is 2. The molecule has 0 saturated heterocycles. The number of nitrogens with zero attached hydrogens (tertiary/aromatic N) is 2. The van der Waals surface area contributed by atoms with E-state index in [2.05, 4.69) is 11.4 Å². The minimum Gasteiger partial charge on any atom is -0.484 e. The highest BCUT2D eigenvalue weighted by Crippen LogP contribution is 2.36. The molecule has 4 rings (SSSR count). The van der Waals surface area contributed by atoms with E-state index < -0.39 is 0 Å². The number of aromatic nitrogens is 2. The van der Waals surface area contributed by atoms with E-state index in [1.807, 2.05) is 30.7 Å². The number of carbonyl (C=O) groups excluding carboxylic acids is 1. The number of hydrogen-bond donors (Lipinski definition) is 1. The predicted molar refractivity (Wildman–Crippen MR) is 109 cm³/mol. The van der Waals surface area contributed by atoms with Gasteiger partial charge in [0, 0.05) is 17.1 Å². The van der Waals surface area contributed by atoms with Gasteiger partial charge in [-0.2, -0.15) is 16.9 Å². The summed E-state index contributed by atoms with van der Waals surface area (Å²) < 4.78 is 20.3. The molecule has 3 aromatic rings. The highest BCUT2D eigenvalue weighted by molar-refractivity contribution is 7.98. The summed E-state index contributed by atoms with van der Waals surface area (Å²) >= 11 is 1.78. The van der Waals surface area contributed by atoms with Gasteiger partial charge < -0.3 is 10.1 Å². The van der Waals surface area contributed by atoms with Gasteiger partial charge in [-0.25, -0.2) is 9.07 Å². The number of rotatable bonds is 5. The van der Waals surface area contributed by atoms with Crippen LogP contribution in [0, 0.1) is 19.7 Å². The van der Waals surface area contributed by atoms with Crippen LogP contribution in [0.4, 0.5) is 10.2 Å². The molecule has 0 bridgehead atoms. The van der Waals surface area contributed by atoms with E-state index in [0.717, 1.165) is 34.0 Å². The van der Waals surface area contributed by atoms with Crippen molar-refractivity contribution in [2.24, 2.45) is 0 Å². The number of fused-ring (bicyclic) bond motifs is 1. The monoisotopic (exact) mass is 397 g/mol. The van der Waals surface area contributed by atoms with Gasteiger partial charge in [0.05, 0.1) is 11.4 Å². The van der Waals surface area contributed by atoms with Crippen molar-refractivity contribution in [3.05, 3.63) is 70.7 Å². The third kappa shape index (κ3) is 3.75. The number of amides is 1. The zero-order valence-electron chi connectivity index (χ0n) is 15.7. The van der Waals surface area contributed by atoms with Crippen molar-refractivity contribution in [1.82, 2.24) is 9.78 Å². The molecule has 0 radical (unpaired) electrons. The summed E-state index contributed by atoms with van der Waals surface area (Å²) in [5, 5.41) is 7.69. The smallest absolute Gasteiger partial charge is 0.263 e. The van der Waals surface area contributed by atoms with Crippen molar-refractivity contribution < 1.29 is 13.9 Å². The maximum atomic E-state index is 13.0. The zero-order valence-corrected chi connectivity index (χ0v) is 16.5. The van der Waals surface area contributed by atoms with E-state index in [-0.39, 0.29) is 18.3 Å². The molecule has 0 atom stereocenters. The molecule has 1 aliphatic heterocycles. The van der Waals surface area contributed by atoms with Gasteiger partial charge in [0.1, 0.15) is 17.4 Å². The van der Waals surface area contributed by atoms with E-state index in [4.69, 9.17) is 9.84 Å². The van der Waals surface area contributed by atoms with Gasteiger partial charge >= 0.3 is 0 Å². The number of halogens is 1. The summed E-state index contributed by atoms with van der Waals surface area (Å²) in [6.45, 7) is 3.92. The average molecular weight is 397 g/mol. The fourth-order valence-electron chi connectivity index (χ4n) is 3.21. The molecule has 7 heteroatoms. The molecule has 1 N–H and O–H groups in total. The van der Waals surface area contributed by atoms with Gasteiger partial charge in [0.25, 0.3) is 5.91 Å². The molecule has 0 saturated carbocycles. The van der Waals surface area contributed by atoms with Crippen LogP contribution in [0.15, 0.2) is 42.5 Å². The molecule has 0 unspecified atom stereocenters. The van der Waals surface area contributed by atoms with Gasteiger partial charge in [-0.15, -0.1) is 0 Å². The van der Waals surface area contributed by atoms with Gasteiger partial charge in [-0.05, 0) is 49.7 Å². The Bertz CT molecular complexity index is 1030. The Morgan fingerprint density at radius 2 is 2.00 bits per heavy atom. The number of nitrogens with one attached hydrogen (secondary N) is 1. The number of hydrogen-bond acceptors (Lipinski definition) is 4. The van der Waals surface area contributed by atoms with E-state index in [9.17, 15) is 9.18 Å². The second-order valence-electron chi connectivity index (χ2n) is 6.76. The molecule has 144 valence electrons. The first-order valence-electron chi connectivity index (χ1n) is 8.95. The van der Waals surface area contributed by atoms with Crippen molar-refractivity contribution in [3.63, 3.8) is 0 Å². The Labute approximate surface area is 166 Å². The molecule has 5 nitrogen and oxygen atoms in total. The van der Waals surface area contributed by atoms with Crippen LogP contribution in [0.2, 0.25) is 0 Å². The summed E-state index contributed by atoms with van der Waals surface area (Å²) in [6, 6.07) is 11.7. The van der Waals surface area contributed by atoms with Gasteiger partial charge in [0.2, 0.25) is 0 Å². The van der Waals surface area contributed by atoms with Crippen LogP contribution >= 0.6 is 11.8 Å². The first kappa shape index (κ1) is 18.6. The van der Waals surface area contributed by atoms with Crippen molar-refractivity contribution >= 4 is 23.5 Å². The zero-order chi connectivity index (χ0) is 19.7. The Morgan fingerprint density at radius 3 is 2.75 bits per heavy atom. The number of thioether (sulfide) groups is 1. The molecule has 2 heterocycles. The minimum atomic E-state index is -0.345. The molecular weight excluding hydrogens is 377 g/mol. The molecular formula is C21H20FN3O2S. The highest BCUT2D eigenvalue weighted by atomic mass is 32.2. The van der Waals surface area contributed by atoms with Crippen molar-refractivity contribution in [2.45, 2.75) is 25.4 Å². The van der Waals surface area contributed by atoms with Crippen molar-refractivity contribution in [2.75, 3.05) is 11.9 Å². The first-order chi connectivity index (χ1) is 13.5. The van der Waals surface area contributed by atoms with Crippen LogP contribution < -0.4 is 10.1 Å². The number of carbonyl (C=O) groups is 1. The topological polar surface area (TPSA) is 56.2 Å². The third-order valence-corrected chi connectivity index (χ3v) is 5.54. The third-order valence-electron chi connectivity index (χ3n) is 4.57. The number of anilines is 1. The van der Waals surface area contributed by atoms with Gasteiger partial charge in [-0.3, -0.25) is 4.79 Å². The summed E-state index contributed by atoms with van der Waals surface area (Å²) in [4.78, 5) is 12.5. The molecule has 28 heavy (non-hydrogen) atoms. The summed E-state index contributed by atoms with van der Waals surface area (Å²) in [5.74, 6) is 2.16. The lowest BCUT2D eigenvalue weighted by atomic mass is 10.1. The number of benzene rings is 2. The summed E-state index contributed by atoms with van der Waals surface area (Å²) in [7, 11) is 0. The molecule has 0 spiro atoms. The molecule has 2 aromatic carbocycles. The predicted octanol–water partition coefficient (Wildman–Crippen LogP) is 4.39. The van der Waals surface area contributed by atoms with Crippen LogP contribution in [0.3, 0.4) is 0 Å². The Balaban J connectivity index is 1.56. The fourth-order valence-corrected chi connectivity index (χ4v) is 4.24. The SMILES string of the molecule is Cc1ccc(-n2nc3c(c2NC(=O)COc2ccc(F)cc2)CSC3)c(C)c1. The fraction of sp³-hybridized carbons (Fsp3) is 0.238. The molecule has 0 aliphatic carbocycles. The lowest BCUT2D eigenvalue weighted by Crippen LogP contribution is -2.22. The second-order valence-corrected chi connectivity index (χ2v) is 7.74. The van der Waals surface area contributed by atoms with E-state index in [0.29, 0.717) is 11.6 Å². The standard InChI is InChI=1S/C21H20FN3O2S/c1-13-3-8-19(14(2)9-13)25-21(17-11-28-12-18(17)24-25)23-20(26)10-27-16-6-4-15(22)5-7-16/h3-9H,10-12H2,1-2H3,(H,23,26). The van der Waals surface area contributed by atoms with Crippen molar-refractivity contribution in [1.29, 1.82) is 0 Å². The normalized spacial score (nSPS) is 12.7. The second kappa shape index (κ2) is 7.67. The molecule has 1 aliphatic rings. The van der Waals surface area contributed by atoms with Crippen LogP contribution in [-0.2, 0) is 16.3 Å². The summed E-state index contributed by atoms with van der Waals surface area (Å²) in [6.07, 6.45) is 0. The lowest BCUT2D eigenvalue weighted by Gasteiger charge is -2.14. The largest absolute Gasteiger partial charge is 0.484 e. The van der Waals surface area contributed by atoms with E-state index in [1.165, 1.54) is 29.8 Å². The average Bonchev–Trinajstić information content (AvgIpc) is 3.24. The maximum Gasteiger partial charge on any atom is 0.263 e. The molecule has 1 aromatic heterocycles. The van der Waals surface area contributed by atoms with Crippen LogP contribution in [0.1, 0.15) is 22.4 Å². The van der Waals surface area contributed by atoms with Crippen LogP contribution in [0.25, 0.3) is 5.69 Å². The number of ether oxygens (including phenoxy) is 1. The van der Waals surface area contributed by atoms with Crippen LogP contribution in [0.5, 0.6) is 5.75 Å². The molecule has 1 amide bonds. The Morgan fingerprint density at radius 1 is 1.21 bits per heavy atom. The first-order valence-corrected chi connectivity index (χ1v) is 10.1. The van der Waals surface area contributed by atoms with E-state index in [1.54, 1.807) is 11.8 Å². The highest BCUT2D eigenvalue weighted by Gasteiger charge is 2.25. The van der Waals surface area contributed by atoms with Crippen molar-refractivity contribution in [3.8, 4) is 11.4 Å². The van der Waals surface area contributed by atoms with Gasteiger partial charge in [-0.1, -0.05) is 17.7 Å². The minimum absolute atomic E-state index is 0.161.